The lowest BCUT2D eigenvalue weighted by molar-refractivity contribution is -0.0300. The van der Waals surface area contributed by atoms with Gasteiger partial charge in [-0.15, -0.1) is 0 Å². The topological polar surface area (TPSA) is 89.9 Å². The van der Waals surface area contributed by atoms with Crippen LogP contribution < -0.4 is 15.4 Å². The number of ether oxygens (including phenoxy) is 2. The maximum Gasteiger partial charge on any atom is 0.159 e. The number of rotatable bonds is 9. The first kappa shape index (κ1) is 27.3. The zero-order chi connectivity index (χ0) is 27.7. The molecule has 1 aromatic heterocycles. The summed E-state index contributed by atoms with van der Waals surface area (Å²) in [6.07, 6.45) is 1.43. The first-order valence-corrected chi connectivity index (χ1v) is 13.1. The van der Waals surface area contributed by atoms with E-state index >= 15 is 0 Å². The van der Waals surface area contributed by atoms with Crippen molar-refractivity contribution in [1.29, 1.82) is 0 Å². The monoisotopic (exact) mass is 559 g/mol. The fourth-order valence-electron chi connectivity index (χ4n) is 4.10. The van der Waals surface area contributed by atoms with Gasteiger partial charge in [0.1, 0.15) is 43.0 Å². The van der Waals surface area contributed by atoms with Crippen molar-refractivity contribution in [3.8, 4) is 17.6 Å². The van der Waals surface area contributed by atoms with E-state index in [0.717, 1.165) is 29.6 Å². The Hall–Kier alpha value is -4.23. The molecule has 0 unspecified atom stereocenters. The lowest BCUT2D eigenvalue weighted by Crippen LogP contribution is -2.40. The summed E-state index contributed by atoms with van der Waals surface area (Å²) < 4.78 is 24.9. The summed E-state index contributed by atoms with van der Waals surface area (Å²) in [6.45, 7) is 4.47. The van der Waals surface area contributed by atoms with Crippen molar-refractivity contribution < 1.29 is 18.7 Å². The summed E-state index contributed by atoms with van der Waals surface area (Å²) in [5, 5.41) is 12.0. The van der Waals surface area contributed by atoms with Crippen molar-refractivity contribution in [2.24, 2.45) is 5.16 Å². The summed E-state index contributed by atoms with van der Waals surface area (Å²) in [7, 11) is 0. The highest BCUT2D eigenvalue weighted by molar-refractivity contribution is 6.32. The van der Waals surface area contributed by atoms with Gasteiger partial charge < -0.3 is 24.9 Å². The number of aromatic nitrogens is 2. The van der Waals surface area contributed by atoms with E-state index in [1.54, 1.807) is 31.2 Å². The highest BCUT2D eigenvalue weighted by Crippen LogP contribution is 2.31. The lowest BCUT2D eigenvalue weighted by Gasteiger charge is -2.22. The molecule has 2 N–H and O–H groups in total. The minimum absolute atomic E-state index is 0.0564. The predicted molar refractivity (Wildman–Crippen MR) is 154 cm³/mol. The average molecular weight is 560 g/mol. The second kappa shape index (κ2) is 13.2. The molecule has 1 fully saturated rings. The molecule has 1 aliphatic rings. The van der Waals surface area contributed by atoms with Crippen molar-refractivity contribution >= 4 is 39.7 Å². The van der Waals surface area contributed by atoms with Gasteiger partial charge in [0.2, 0.25) is 0 Å². The van der Waals surface area contributed by atoms with Gasteiger partial charge in [-0.3, -0.25) is 0 Å². The normalized spacial score (nSPS) is 15.3. The predicted octanol–water partition coefficient (Wildman–Crippen LogP) is 5.48. The minimum Gasteiger partial charge on any atom is -0.487 e. The van der Waals surface area contributed by atoms with Crippen molar-refractivity contribution in [3.63, 3.8) is 0 Å². The first-order chi connectivity index (χ1) is 19.6. The summed E-state index contributed by atoms with van der Waals surface area (Å²) in [6, 6.07) is 17.3. The Balaban J connectivity index is 1.33. The third-order valence-electron chi connectivity index (χ3n) is 6.05. The van der Waals surface area contributed by atoms with Crippen molar-refractivity contribution in [1.82, 2.24) is 15.3 Å². The molecule has 204 valence electrons. The number of halogens is 2. The third kappa shape index (κ3) is 7.04. The van der Waals surface area contributed by atoms with Crippen LogP contribution in [0.5, 0.6) is 5.75 Å². The Bertz CT molecular complexity index is 1580. The quantitative estimate of drug-likeness (QED) is 0.159. The van der Waals surface area contributed by atoms with Crippen molar-refractivity contribution in [3.05, 3.63) is 89.0 Å². The van der Waals surface area contributed by atoms with Crippen LogP contribution in [0.25, 0.3) is 10.9 Å². The zero-order valence-electron chi connectivity index (χ0n) is 21.8. The van der Waals surface area contributed by atoms with E-state index in [1.165, 1.54) is 18.5 Å². The van der Waals surface area contributed by atoms with Crippen LogP contribution in [0.1, 0.15) is 18.1 Å². The average Bonchev–Trinajstić information content (AvgIpc) is 2.97. The van der Waals surface area contributed by atoms with Gasteiger partial charge in [-0.1, -0.05) is 34.8 Å². The molecular weight excluding hydrogens is 533 g/mol. The van der Waals surface area contributed by atoms with Gasteiger partial charge >= 0.3 is 0 Å². The van der Waals surface area contributed by atoms with E-state index in [2.05, 4.69) is 37.6 Å². The molecule has 1 saturated heterocycles. The summed E-state index contributed by atoms with van der Waals surface area (Å²) in [5.41, 5.74) is 3.42. The number of morpholine rings is 1. The molecule has 2 heterocycles. The van der Waals surface area contributed by atoms with Gasteiger partial charge in [0, 0.05) is 29.7 Å². The Morgan fingerprint density at radius 1 is 1.20 bits per heavy atom. The molecule has 0 aliphatic carbocycles. The van der Waals surface area contributed by atoms with Crippen LogP contribution >= 0.6 is 11.6 Å². The number of hydrogen-bond acceptors (Lipinski definition) is 8. The molecule has 10 heteroatoms. The first-order valence-electron chi connectivity index (χ1n) is 12.7. The van der Waals surface area contributed by atoms with Crippen molar-refractivity contribution in [2.75, 3.05) is 31.6 Å². The molecule has 0 radical (unpaired) electrons. The molecule has 5 rings (SSSR count). The SMILES string of the molecule is CC#C/C(=N\OC[C@H]1CNCCO1)c1ccc2ncnc(Nc3ccc(OCc4cccc(F)c4)c(Cl)c3)c2c1. The molecule has 40 heavy (non-hydrogen) atoms. The van der Waals surface area contributed by atoms with E-state index in [0.29, 0.717) is 46.8 Å². The number of fused-ring (bicyclic) bond motifs is 1. The van der Waals surface area contributed by atoms with Crippen LogP contribution in [0.15, 0.2) is 72.1 Å². The fourth-order valence-corrected chi connectivity index (χ4v) is 4.34. The second-order valence-corrected chi connectivity index (χ2v) is 9.36. The Morgan fingerprint density at radius 2 is 2.12 bits per heavy atom. The largest absolute Gasteiger partial charge is 0.487 e. The van der Waals surface area contributed by atoms with Crippen LogP contribution in [-0.4, -0.2) is 48.1 Å². The van der Waals surface area contributed by atoms with Crippen LogP contribution in [0.2, 0.25) is 5.02 Å². The number of hydrogen-bond donors (Lipinski definition) is 2. The molecule has 4 aromatic rings. The Morgan fingerprint density at radius 3 is 2.92 bits per heavy atom. The fraction of sp³-hybridized carbons (Fsp3) is 0.233. The van der Waals surface area contributed by atoms with Gasteiger partial charge in [-0.05, 0) is 66.9 Å². The van der Waals surface area contributed by atoms with Gasteiger partial charge in [0.25, 0.3) is 0 Å². The van der Waals surface area contributed by atoms with Crippen LogP contribution in [0.4, 0.5) is 15.9 Å². The maximum atomic E-state index is 13.4. The van der Waals surface area contributed by atoms with E-state index in [1.807, 2.05) is 24.3 Å². The second-order valence-electron chi connectivity index (χ2n) is 8.95. The standard InChI is InChI=1S/C30H27ClFN5O3/c1-2-4-27(37-40-18-24-16-33-11-12-38-24)21-7-9-28-25(14-21)30(35-19-34-28)36-23-8-10-29(26(31)15-23)39-17-20-5-3-6-22(32)13-20/h3,5-10,13-15,19,24,33H,11-12,16-18H2,1H3,(H,34,35,36)/b37-27+/t24-/m1/s1. The maximum absolute atomic E-state index is 13.4. The molecule has 3 aromatic carbocycles. The molecule has 0 amide bonds. The minimum atomic E-state index is -0.314. The number of oxime groups is 1. The van der Waals surface area contributed by atoms with Crippen LogP contribution in [0.3, 0.4) is 0 Å². The Labute approximate surface area is 236 Å². The number of nitrogens with zero attached hydrogens (tertiary/aromatic N) is 3. The molecule has 0 bridgehead atoms. The van der Waals surface area contributed by atoms with E-state index in [-0.39, 0.29) is 18.5 Å². The summed E-state index contributed by atoms with van der Waals surface area (Å²) in [4.78, 5) is 14.4. The highest BCUT2D eigenvalue weighted by Gasteiger charge is 2.15. The van der Waals surface area contributed by atoms with Gasteiger partial charge in [0.05, 0.1) is 17.1 Å². The molecular formula is C30H27ClFN5O3. The number of nitrogens with one attached hydrogen (secondary N) is 2. The van der Waals surface area contributed by atoms with Gasteiger partial charge in [-0.2, -0.15) is 0 Å². The zero-order valence-corrected chi connectivity index (χ0v) is 22.5. The smallest absolute Gasteiger partial charge is 0.159 e. The molecule has 0 saturated carbocycles. The number of anilines is 2. The van der Waals surface area contributed by atoms with E-state index < -0.39 is 0 Å². The number of benzene rings is 3. The molecule has 0 spiro atoms. The van der Waals surface area contributed by atoms with Crippen LogP contribution in [0, 0.1) is 17.7 Å². The molecule has 8 nitrogen and oxygen atoms in total. The van der Waals surface area contributed by atoms with E-state index in [9.17, 15) is 4.39 Å². The Kier molecular flexibility index (Phi) is 9.04. The summed E-state index contributed by atoms with van der Waals surface area (Å²) >= 11 is 6.49. The van der Waals surface area contributed by atoms with Crippen LogP contribution in [-0.2, 0) is 16.2 Å². The lowest BCUT2D eigenvalue weighted by atomic mass is 10.1. The van der Waals surface area contributed by atoms with Crippen molar-refractivity contribution in [2.45, 2.75) is 19.6 Å². The van der Waals surface area contributed by atoms with Gasteiger partial charge in [0.15, 0.2) is 5.71 Å². The molecule has 1 aliphatic heterocycles. The third-order valence-corrected chi connectivity index (χ3v) is 6.35. The van der Waals surface area contributed by atoms with Gasteiger partial charge in [-0.25, -0.2) is 14.4 Å². The molecule has 1 atom stereocenters. The summed E-state index contributed by atoms with van der Waals surface area (Å²) in [5.74, 6) is 6.67. The highest BCUT2D eigenvalue weighted by atomic mass is 35.5. The van der Waals surface area contributed by atoms with E-state index in [4.69, 9.17) is 25.9 Å².